The molecule has 3 rings (SSSR count). The first kappa shape index (κ1) is 25.0. The third-order valence-electron chi connectivity index (χ3n) is 4.83. The minimum atomic E-state index is -3.68. The minimum absolute atomic E-state index is 0. The molecule has 2 aromatic carbocycles. The average Bonchev–Trinajstić information content (AvgIpc) is 2.67. The summed E-state index contributed by atoms with van der Waals surface area (Å²) in [6, 6.07) is 14.1. The lowest BCUT2D eigenvalue weighted by Crippen LogP contribution is -2.48. The van der Waals surface area contributed by atoms with Crippen LogP contribution in [0.3, 0.4) is 0 Å². The molecule has 0 aliphatic carbocycles. The monoisotopic (exact) mass is 460 g/mol. The normalized spacial score (nSPS) is 14.0. The van der Waals surface area contributed by atoms with Gasteiger partial charge in [-0.1, -0.05) is 18.2 Å². The van der Waals surface area contributed by atoms with Gasteiger partial charge in [0.25, 0.3) is 0 Å². The first-order chi connectivity index (χ1) is 12.8. The van der Waals surface area contributed by atoms with E-state index in [1.807, 2.05) is 29.2 Å². The number of sulfonamides is 1. The Bertz CT molecular complexity index is 915. The summed E-state index contributed by atoms with van der Waals surface area (Å²) in [5, 5.41) is 5.12. The van der Waals surface area contributed by atoms with Gasteiger partial charge in [0.1, 0.15) is 0 Å². The summed E-state index contributed by atoms with van der Waals surface area (Å²) in [7, 11) is -3.68. The van der Waals surface area contributed by atoms with Crippen molar-refractivity contribution in [2.24, 2.45) is 5.14 Å². The van der Waals surface area contributed by atoms with Crippen LogP contribution in [0.4, 0.5) is 11.4 Å². The zero-order chi connectivity index (χ0) is 19.4. The molecular weight excluding hydrogens is 435 g/mol. The van der Waals surface area contributed by atoms with Gasteiger partial charge >= 0.3 is 0 Å². The first-order valence-corrected chi connectivity index (χ1v) is 10.4. The highest BCUT2D eigenvalue weighted by atomic mass is 35.5. The molecule has 10 heteroatoms. The quantitative estimate of drug-likeness (QED) is 0.663. The highest BCUT2D eigenvalue weighted by Crippen LogP contribution is 2.20. The van der Waals surface area contributed by atoms with Crippen LogP contribution in [0.25, 0.3) is 0 Å². The van der Waals surface area contributed by atoms with Crippen molar-refractivity contribution in [2.45, 2.75) is 17.7 Å². The van der Waals surface area contributed by atoms with Crippen LogP contribution in [0.1, 0.15) is 12.0 Å². The number of amides is 1. The number of hydrogen-bond donors (Lipinski definition) is 2. The molecule has 29 heavy (non-hydrogen) atoms. The van der Waals surface area contributed by atoms with E-state index in [0.29, 0.717) is 39.0 Å². The maximum atomic E-state index is 12.5. The molecule has 1 aliphatic heterocycles. The van der Waals surface area contributed by atoms with Gasteiger partial charge in [-0.05, 0) is 42.3 Å². The summed E-state index contributed by atoms with van der Waals surface area (Å²) >= 11 is 0. The van der Waals surface area contributed by atoms with Crippen molar-refractivity contribution in [2.75, 3.05) is 36.8 Å². The first-order valence-electron chi connectivity index (χ1n) is 8.83. The number of para-hydroxylation sites is 1. The molecule has 1 heterocycles. The lowest BCUT2D eigenvalue weighted by Gasteiger charge is -2.36. The van der Waals surface area contributed by atoms with E-state index in [-0.39, 0.29) is 35.6 Å². The van der Waals surface area contributed by atoms with Crippen LogP contribution < -0.4 is 15.8 Å². The van der Waals surface area contributed by atoms with Crippen LogP contribution in [0.15, 0.2) is 53.4 Å². The van der Waals surface area contributed by atoms with Gasteiger partial charge < -0.3 is 15.5 Å². The number of nitrogens with zero attached hydrogens (tertiary/aromatic N) is 2. The SMILES string of the molecule is Cl.Cl.Nc1ccccc1CCC(=O)N1CCN(c2ccc(S(N)(=O)=O)cc2)CC1. The molecule has 7 nitrogen and oxygen atoms in total. The number of rotatable bonds is 5. The summed E-state index contributed by atoms with van der Waals surface area (Å²) in [5.41, 5.74) is 8.57. The molecule has 0 aromatic heterocycles. The van der Waals surface area contributed by atoms with Crippen molar-refractivity contribution in [1.82, 2.24) is 4.90 Å². The lowest BCUT2D eigenvalue weighted by molar-refractivity contribution is -0.131. The number of nitrogens with two attached hydrogens (primary N) is 2. The Balaban J connectivity index is 0.00000210. The Morgan fingerprint density at radius 1 is 0.931 bits per heavy atom. The van der Waals surface area contributed by atoms with Gasteiger partial charge in [0.05, 0.1) is 4.90 Å². The second-order valence-corrected chi connectivity index (χ2v) is 8.17. The summed E-state index contributed by atoms with van der Waals surface area (Å²) in [4.78, 5) is 16.6. The highest BCUT2D eigenvalue weighted by Gasteiger charge is 2.21. The van der Waals surface area contributed by atoms with Gasteiger partial charge in [0.15, 0.2) is 0 Å². The standard InChI is InChI=1S/C19H24N4O3S.2ClH/c20-18-4-2-1-3-15(18)5-10-19(24)23-13-11-22(12-14-23)16-6-8-17(9-7-16)27(21,25)26;;/h1-4,6-9H,5,10-14,20H2,(H2,21,25,26);2*1H. The number of anilines is 2. The Hall–Kier alpha value is -2.00. The largest absolute Gasteiger partial charge is 0.399 e. The number of benzene rings is 2. The van der Waals surface area contributed by atoms with Gasteiger partial charge in [0, 0.05) is 44.0 Å². The van der Waals surface area contributed by atoms with Crippen molar-refractivity contribution in [3.05, 3.63) is 54.1 Å². The van der Waals surface area contributed by atoms with Crippen molar-refractivity contribution in [1.29, 1.82) is 0 Å². The predicted molar refractivity (Wildman–Crippen MR) is 120 cm³/mol. The maximum Gasteiger partial charge on any atom is 0.238 e. The number of carbonyl (C=O) groups is 1. The molecule has 1 saturated heterocycles. The number of halogens is 2. The number of primary sulfonamides is 1. The molecule has 0 spiro atoms. The zero-order valence-corrected chi connectivity index (χ0v) is 18.3. The zero-order valence-electron chi connectivity index (χ0n) is 15.9. The molecule has 4 N–H and O–H groups in total. The van der Waals surface area contributed by atoms with E-state index < -0.39 is 10.0 Å². The van der Waals surface area contributed by atoms with Crippen LogP contribution in [0, 0.1) is 0 Å². The average molecular weight is 461 g/mol. The fourth-order valence-electron chi connectivity index (χ4n) is 3.22. The Morgan fingerprint density at radius 3 is 2.07 bits per heavy atom. The van der Waals surface area contributed by atoms with E-state index in [2.05, 4.69) is 4.90 Å². The molecule has 1 amide bonds. The Labute approximate surface area is 183 Å². The van der Waals surface area contributed by atoms with Crippen molar-refractivity contribution >= 4 is 52.1 Å². The number of hydrogen-bond acceptors (Lipinski definition) is 5. The van der Waals surface area contributed by atoms with Crippen molar-refractivity contribution in [3.8, 4) is 0 Å². The van der Waals surface area contributed by atoms with E-state index >= 15 is 0 Å². The molecule has 1 aliphatic rings. The van der Waals surface area contributed by atoms with E-state index in [4.69, 9.17) is 10.9 Å². The molecular formula is C19H26Cl2N4O3S. The topological polar surface area (TPSA) is 110 Å². The smallest absolute Gasteiger partial charge is 0.238 e. The van der Waals surface area contributed by atoms with Crippen LogP contribution >= 0.6 is 24.8 Å². The van der Waals surface area contributed by atoms with Crippen molar-refractivity contribution < 1.29 is 13.2 Å². The molecule has 0 atom stereocenters. The molecule has 0 bridgehead atoms. The highest BCUT2D eigenvalue weighted by molar-refractivity contribution is 7.89. The Kier molecular flexibility index (Phi) is 9.22. The van der Waals surface area contributed by atoms with E-state index in [9.17, 15) is 13.2 Å². The number of nitrogen functional groups attached to an aromatic ring is 1. The number of carbonyl (C=O) groups excluding carboxylic acids is 1. The fraction of sp³-hybridized carbons (Fsp3) is 0.316. The van der Waals surface area contributed by atoms with Gasteiger partial charge in [-0.3, -0.25) is 4.79 Å². The Morgan fingerprint density at radius 2 is 1.52 bits per heavy atom. The molecule has 0 radical (unpaired) electrons. The maximum absolute atomic E-state index is 12.5. The third-order valence-corrected chi connectivity index (χ3v) is 5.76. The van der Waals surface area contributed by atoms with Crippen LogP contribution in [-0.2, 0) is 21.2 Å². The molecule has 0 unspecified atom stereocenters. The summed E-state index contributed by atoms with van der Waals surface area (Å²) in [5.74, 6) is 0.127. The predicted octanol–water partition coefficient (Wildman–Crippen LogP) is 2.04. The second kappa shape index (κ2) is 10.7. The molecule has 1 fully saturated rings. The molecule has 160 valence electrons. The van der Waals surface area contributed by atoms with Gasteiger partial charge in [-0.2, -0.15) is 0 Å². The summed E-state index contributed by atoms with van der Waals surface area (Å²) in [6.07, 6.45) is 1.08. The lowest BCUT2D eigenvalue weighted by atomic mass is 10.1. The van der Waals surface area contributed by atoms with Crippen LogP contribution in [-0.4, -0.2) is 45.4 Å². The third kappa shape index (κ3) is 6.50. The van der Waals surface area contributed by atoms with Crippen LogP contribution in [0.5, 0.6) is 0 Å². The van der Waals surface area contributed by atoms with E-state index in [0.717, 1.165) is 16.9 Å². The molecule has 2 aromatic rings. The number of piperazine rings is 1. The van der Waals surface area contributed by atoms with Crippen LogP contribution in [0.2, 0.25) is 0 Å². The summed E-state index contributed by atoms with van der Waals surface area (Å²) < 4.78 is 22.7. The van der Waals surface area contributed by atoms with Gasteiger partial charge in [-0.15, -0.1) is 24.8 Å². The van der Waals surface area contributed by atoms with E-state index in [1.54, 1.807) is 12.1 Å². The minimum Gasteiger partial charge on any atom is -0.399 e. The second-order valence-electron chi connectivity index (χ2n) is 6.61. The van der Waals surface area contributed by atoms with E-state index in [1.165, 1.54) is 12.1 Å². The van der Waals surface area contributed by atoms with Crippen molar-refractivity contribution in [3.63, 3.8) is 0 Å². The van der Waals surface area contributed by atoms with Gasteiger partial charge in [0.2, 0.25) is 15.9 Å². The summed E-state index contributed by atoms with van der Waals surface area (Å²) in [6.45, 7) is 2.68. The molecule has 0 saturated carbocycles. The van der Waals surface area contributed by atoms with Gasteiger partial charge in [-0.25, -0.2) is 13.6 Å². The fourth-order valence-corrected chi connectivity index (χ4v) is 3.74. The number of aryl methyl sites for hydroxylation is 1.